The van der Waals surface area contributed by atoms with Crippen molar-refractivity contribution in [3.05, 3.63) is 34.9 Å². The number of carbonyl (C=O) groups excluding carboxylic acids is 1. The molecule has 1 aromatic carbocycles. The van der Waals surface area contributed by atoms with Crippen LogP contribution in [-0.4, -0.2) is 40.6 Å². The number of aliphatic carboxylic acids is 1. The molecule has 2 N–H and O–H groups in total. The van der Waals surface area contributed by atoms with Crippen LogP contribution < -0.4 is 5.32 Å². The first-order valence-corrected chi connectivity index (χ1v) is 7.34. The quantitative estimate of drug-likeness (QED) is 0.898. The Kier molecular flexibility index (Phi) is 4.73. The first kappa shape index (κ1) is 15.6. The van der Waals surface area contributed by atoms with Crippen LogP contribution in [-0.2, 0) is 11.2 Å². The zero-order chi connectivity index (χ0) is 15.5. The highest BCUT2D eigenvalue weighted by atomic mass is 35.5. The van der Waals surface area contributed by atoms with Crippen LogP contribution in [0.2, 0.25) is 5.02 Å². The van der Waals surface area contributed by atoms with Crippen LogP contribution in [0.1, 0.15) is 25.3 Å². The third-order valence-electron chi connectivity index (χ3n) is 3.95. The Hall–Kier alpha value is -1.75. The van der Waals surface area contributed by atoms with Crippen LogP contribution >= 0.6 is 11.6 Å². The first-order chi connectivity index (χ1) is 9.93. The lowest BCUT2D eigenvalue weighted by atomic mass is 10.00. The fraction of sp³-hybridized carbons (Fsp3) is 0.467. The van der Waals surface area contributed by atoms with E-state index in [4.69, 9.17) is 11.6 Å². The third-order valence-corrected chi connectivity index (χ3v) is 4.20. The van der Waals surface area contributed by atoms with Gasteiger partial charge in [-0.25, -0.2) is 9.59 Å². The van der Waals surface area contributed by atoms with E-state index in [-0.39, 0.29) is 6.03 Å². The molecule has 5 nitrogen and oxygen atoms in total. The highest BCUT2D eigenvalue weighted by Gasteiger charge is 2.45. The second-order valence-corrected chi connectivity index (χ2v) is 5.88. The number of carboxylic acids is 1. The molecule has 0 aliphatic carbocycles. The maximum atomic E-state index is 12.1. The van der Waals surface area contributed by atoms with Crippen molar-refractivity contribution in [3.63, 3.8) is 0 Å². The van der Waals surface area contributed by atoms with Crippen molar-refractivity contribution in [1.82, 2.24) is 10.2 Å². The van der Waals surface area contributed by atoms with E-state index in [0.717, 1.165) is 5.56 Å². The second kappa shape index (κ2) is 6.35. The number of likely N-dealkylation sites (tertiary alicyclic amines) is 1. The molecular formula is C15H19ClN2O3. The summed E-state index contributed by atoms with van der Waals surface area (Å²) < 4.78 is 0. The number of nitrogens with zero attached hydrogens (tertiary/aromatic N) is 1. The summed E-state index contributed by atoms with van der Waals surface area (Å²) in [5.74, 6) is -0.951. The fourth-order valence-corrected chi connectivity index (χ4v) is 2.70. The van der Waals surface area contributed by atoms with Crippen LogP contribution in [0.25, 0.3) is 0 Å². The van der Waals surface area contributed by atoms with Crippen molar-refractivity contribution in [3.8, 4) is 0 Å². The second-order valence-electron chi connectivity index (χ2n) is 5.44. The number of hydrogen-bond donors (Lipinski definition) is 2. The maximum Gasteiger partial charge on any atom is 0.329 e. The van der Waals surface area contributed by atoms with E-state index in [1.54, 1.807) is 19.1 Å². The highest BCUT2D eigenvalue weighted by molar-refractivity contribution is 6.30. The summed E-state index contributed by atoms with van der Waals surface area (Å²) in [5, 5.41) is 12.8. The van der Waals surface area contributed by atoms with E-state index in [2.05, 4.69) is 5.32 Å². The first-order valence-electron chi connectivity index (χ1n) is 6.97. The van der Waals surface area contributed by atoms with Gasteiger partial charge in [-0.05, 0) is 43.9 Å². The lowest BCUT2D eigenvalue weighted by Gasteiger charge is -2.31. The summed E-state index contributed by atoms with van der Waals surface area (Å²) in [5.41, 5.74) is -0.0215. The minimum absolute atomic E-state index is 0.314. The van der Waals surface area contributed by atoms with Crippen LogP contribution in [0, 0.1) is 0 Å². The van der Waals surface area contributed by atoms with Gasteiger partial charge in [-0.2, -0.15) is 0 Å². The molecular weight excluding hydrogens is 292 g/mol. The van der Waals surface area contributed by atoms with Gasteiger partial charge < -0.3 is 15.3 Å². The Morgan fingerprint density at radius 1 is 1.38 bits per heavy atom. The van der Waals surface area contributed by atoms with E-state index in [9.17, 15) is 14.7 Å². The van der Waals surface area contributed by atoms with E-state index < -0.39 is 11.5 Å². The zero-order valence-electron chi connectivity index (χ0n) is 11.9. The number of carbonyl (C=O) groups is 2. The average Bonchev–Trinajstić information content (AvgIpc) is 2.84. The van der Waals surface area contributed by atoms with Gasteiger partial charge in [0.1, 0.15) is 5.54 Å². The molecule has 0 spiro atoms. The van der Waals surface area contributed by atoms with Gasteiger partial charge in [0.05, 0.1) is 0 Å². The molecule has 1 aliphatic heterocycles. The predicted molar refractivity (Wildman–Crippen MR) is 80.5 cm³/mol. The van der Waals surface area contributed by atoms with Gasteiger partial charge in [-0.3, -0.25) is 0 Å². The molecule has 0 saturated carbocycles. The summed E-state index contributed by atoms with van der Waals surface area (Å²) in [6.45, 7) is 2.54. The van der Waals surface area contributed by atoms with Gasteiger partial charge in [-0.15, -0.1) is 0 Å². The molecule has 1 fully saturated rings. The van der Waals surface area contributed by atoms with Crippen LogP contribution in [0.5, 0.6) is 0 Å². The number of nitrogens with one attached hydrogen (secondary N) is 1. The van der Waals surface area contributed by atoms with Gasteiger partial charge in [0.2, 0.25) is 0 Å². The Labute approximate surface area is 128 Å². The lowest BCUT2D eigenvalue weighted by molar-refractivity contribution is -0.147. The van der Waals surface area contributed by atoms with E-state index in [1.165, 1.54) is 4.90 Å². The molecule has 0 aromatic heterocycles. The molecule has 1 saturated heterocycles. The van der Waals surface area contributed by atoms with Gasteiger partial charge >= 0.3 is 12.0 Å². The SMILES string of the molecule is CC1(C(=O)O)CCCN1C(=O)NCCc1ccc(Cl)cc1. The lowest BCUT2D eigenvalue weighted by Crippen LogP contribution is -2.54. The van der Waals surface area contributed by atoms with E-state index in [0.29, 0.717) is 37.4 Å². The van der Waals surface area contributed by atoms with Crippen molar-refractivity contribution in [2.45, 2.75) is 31.7 Å². The fourth-order valence-electron chi connectivity index (χ4n) is 2.57. The molecule has 0 bridgehead atoms. The molecule has 1 aromatic rings. The number of rotatable bonds is 4. The molecule has 1 atom stereocenters. The minimum Gasteiger partial charge on any atom is -0.480 e. The van der Waals surface area contributed by atoms with Crippen molar-refractivity contribution in [1.29, 1.82) is 0 Å². The van der Waals surface area contributed by atoms with Gasteiger partial charge in [0.15, 0.2) is 0 Å². The average molecular weight is 311 g/mol. The molecule has 1 heterocycles. The zero-order valence-corrected chi connectivity index (χ0v) is 12.7. The highest BCUT2D eigenvalue weighted by Crippen LogP contribution is 2.29. The number of halogens is 1. The Morgan fingerprint density at radius 3 is 2.67 bits per heavy atom. The van der Waals surface area contributed by atoms with Crippen LogP contribution in [0.15, 0.2) is 24.3 Å². The monoisotopic (exact) mass is 310 g/mol. The summed E-state index contributed by atoms with van der Waals surface area (Å²) in [6, 6.07) is 7.12. The van der Waals surface area contributed by atoms with Gasteiger partial charge in [0.25, 0.3) is 0 Å². The molecule has 1 aliphatic rings. The van der Waals surface area contributed by atoms with Crippen molar-refractivity contribution >= 4 is 23.6 Å². The summed E-state index contributed by atoms with van der Waals surface area (Å²) in [4.78, 5) is 24.9. The van der Waals surface area contributed by atoms with Crippen molar-refractivity contribution in [2.24, 2.45) is 0 Å². The molecule has 2 rings (SSSR count). The van der Waals surface area contributed by atoms with Crippen molar-refractivity contribution < 1.29 is 14.7 Å². The molecule has 114 valence electrons. The molecule has 6 heteroatoms. The van der Waals surface area contributed by atoms with Gasteiger partial charge in [-0.1, -0.05) is 23.7 Å². The van der Waals surface area contributed by atoms with Crippen molar-refractivity contribution in [2.75, 3.05) is 13.1 Å². The Morgan fingerprint density at radius 2 is 2.05 bits per heavy atom. The Balaban J connectivity index is 1.87. The van der Waals surface area contributed by atoms with E-state index in [1.807, 2.05) is 12.1 Å². The van der Waals surface area contributed by atoms with Crippen LogP contribution in [0.3, 0.4) is 0 Å². The van der Waals surface area contributed by atoms with Crippen LogP contribution in [0.4, 0.5) is 4.79 Å². The Bertz CT molecular complexity index is 532. The number of benzene rings is 1. The summed E-state index contributed by atoms with van der Waals surface area (Å²) >= 11 is 5.81. The molecule has 21 heavy (non-hydrogen) atoms. The number of urea groups is 1. The standard InChI is InChI=1S/C15H19ClN2O3/c1-15(13(19)20)8-2-10-18(15)14(21)17-9-7-11-3-5-12(16)6-4-11/h3-6H,2,7-10H2,1H3,(H,17,21)(H,19,20). The molecule has 0 radical (unpaired) electrons. The molecule has 2 amide bonds. The number of carboxylic acid groups (broad SMARTS) is 1. The maximum absolute atomic E-state index is 12.1. The normalized spacial score (nSPS) is 21.3. The predicted octanol–water partition coefficient (Wildman–Crippen LogP) is 2.53. The molecule has 1 unspecified atom stereocenters. The van der Waals surface area contributed by atoms with E-state index >= 15 is 0 Å². The minimum atomic E-state index is -1.09. The third kappa shape index (κ3) is 3.47. The summed E-state index contributed by atoms with van der Waals surface area (Å²) in [6.07, 6.45) is 1.89. The summed E-state index contributed by atoms with van der Waals surface area (Å²) in [7, 11) is 0. The topological polar surface area (TPSA) is 69.6 Å². The van der Waals surface area contributed by atoms with Gasteiger partial charge in [0, 0.05) is 18.1 Å². The number of hydrogen-bond acceptors (Lipinski definition) is 2. The smallest absolute Gasteiger partial charge is 0.329 e. The number of amides is 2. The largest absolute Gasteiger partial charge is 0.480 e.